The van der Waals surface area contributed by atoms with E-state index in [9.17, 15) is 14.4 Å². The number of hydrogen-bond acceptors (Lipinski definition) is 6. The zero-order chi connectivity index (χ0) is 20.8. The molecule has 1 amide bonds. The average molecular weight is 418 g/mol. The minimum Gasteiger partial charge on any atom is -0.469 e. The molecule has 1 aromatic heterocycles. The lowest BCUT2D eigenvalue weighted by Crippen LogP contribution is -2.44. The Morgan fingerprint density at radius 2 is 2.07 bits per heavy atom. The molecule has 3 rings (SSSR count). The second kappa shape index (κ2) is 9.91. The van der Waals surface area contributed by atoms with E-state index in [4.69, 9.17) is 4.74 Å². The minimum atomic E-state index is -0.392. The highest BCUT2D eigenvalue weighted by Gasteiger charge is 2.25. The van der Waals surface area contributed by atoms with Gasteiger partial charge in [-0.2, -0.15) is 0 Å². The SMILES string of the molecule is CC[C@H]1CCCCN1C(=O)CSc1nc2ccccc2c(=O)n1CCC(=O)OC. The fourth-order valence-electron chi connectivity index (χ4n) is 3.72. The van der Waals surface area contributed by atoms with Crippen LogP contribution in [0.1, 0.15) is 39.0 Å². The Labute approximate surface area is 174 Å². The van der Waals surface area contributed by atoms with Crippen LogP contribution >= 0.6 is 11.8 Å². The number of likely N-dealkylation sites (tertiary alicyclic amines) is 1. The first-order valence-electron chi connectivity index (χ1n) is 10.0. The maximum Gasteiger partial charge on any atom is 0.307 e. The molecule has 2 aromatic rings. The van der Waals surface area contributed by atoms with Crippen molar-refractivity contribution in [2.75, 3.05) is 19.4 Å². The first kappa shape index (κ1) is 21.4. The van der Waals surface area contributed by atoms with Gasteiger partial charge in [0, 0.05) is 19.1 Å². The summed E-state index contributed by atoms with van der Waals surface area (Å²) in [5.74, 6) is -0.0980. The molecule has 0 saturated carbocycles. The maximum atomic E-state index is 13.0. The van der Waals surface area contributed by atoms with E-state index in [0.29, 0.717) is 22.1 Å². The predicted octanol–water partition coefficient (Wildman–Crippen LogP) is 2.84. The Morgan fingerprint density at radius 3 is 2.83 bits per heavy atom. The van der Waals surface area contributed by atoms with E-state index >= 15 is 0 Å². The number of aromatic nitrogens is 2. The fraction of sp³-hybridized carbons (Fsp3) is 0.524. The number of amides is 1. The zero-order valence-electron chi connectivity index (χ0n) is 16.9. The summed E-state index contributed by atoms with van der Waals surface area (Å²) < 4.78 is 6.18. The molecule has 1 aliphatic heterocycles. The second-order valence-electron chi connectivity index (χ2n) is 7.13. The standard InChI is InChI=1S/C21H27N3O4S/c1-3-15-8-6-7-12-23(15)18(25)14-29-21-22-17-10-5-4-9-16(17)20(27)24(21)13-11-19(26)28-2/h4-5,9-10,15H,3,6-8,11-14H2,1-2H3/t15-/m0/s1. The van der Waals surface area contributed by atoms with Crippen molar-refractivity contribution < 1.29 is 14.3 Å². The van der Waals surface area contributed by atoms with Crippen molar-refractivity contribution in [2.24, 2.45) is 0 Å². The van der Waals surface area contributed by atoms with E-state index < -0.39 is 5.97 Å². The Balaban J connectivity index is 1.83. The molecule has 7 nitrogen and oxygen atoms in total. The summed E-state index contributed by atoms with van der Waals surface area (Å²) >= 11 is 1.26. The van der Waals surface area contributed by atoms with Gasteiger partial charge in [0.2, 0.25) is 5.91 Å². The normalized spacial score (nSPS) is 16.8. The molecule has 1 aliphatic rings. The Hall–Kier alpha value is -2.35. The monoisotopic (exact) mass is 417 g/mol. The quantitative estimate of drug-likeness (QED) is 0.391. The van der Waals surface area contributed by atoms with Crippen LogP contribution in [0.5, 0.6) is 0 Å². The van der Waals surface area contributed by atoms with Gasteiger partial charge < -0.3 is 9.64 Å². The van der Waals surface area contributed by atoms with E-state index in [0.717, 1.165) is 32.2 Å². The van der Waals surface area contributed by atoms with E-state index in [1.165, 1.54) is 23.4 Å². The predicted molar refractivity (Wildman–Crippen MR) is 113 cm³/mol. The van der Waals surface area contributed by atoms with Crippen molar-refractivity contribution >= 4 is 34.5 Å². The van der Waals surface area contributed by atoms with Crippen molar-refractivity contribution in [3.8, 4) is 0 Å². The molecule has 0 aliphatic carbocycles. The van der Waals surface area contributed by atoms with Gasteiger partial charge in [0.1, 0.15) is 0 Å². The third-order valence-electron chi connectivity index (χ3n) is 5.34. The van der Waals surface area contributed by atoms with E-state index in [-0.39, 0.29) is 30.2 Å². The summed E-state index contributed by atoms with van der Waals surface area (Å²) in [5, 5.41) is 0.950. The molecule has 156 valence electrons. The number of fused-ring (bicyclic) bond motifs is 1. The van der Waals surface area contributed by atoms with Gasteiger partial charge >= 0.3 is 5.97 Å². The van der Waals surface area contributed by atoms with E-state index in [1.54, 1.807) is 18.2 Å². The highest BCUT2D eigenvalue weighted by Crippen LogP contribution is 2.23. The lowest BCUT2D eigenvalue weighted by Gasteiger charge is -2.35. The third-order valence-corrected chi connectivity index (χ3v) is 6.30. The number of para-hydroxylation sites is 1. The van der Waals surface area contributed by atoms with Gasteiger partial charge in [0.05, 0.1) is 30.2 Å². The molecule has 1 aromatic carbocycles. The highest BCUT2D eigenvalue weighted by molar-refractivity contribution is 7.99. The van der Waals surface area contributed by atoms with Gasteiger partial charge in [-0.3, -0.25) is 19.0 Å². The Morgan fingerprint density at radius 1 is 1.28 bits per heavy atom. The van der Waals surface area contributed by atoms with Gasteiger partial charge in [-0.15, -0.1) is 0 Å². The number of nitrogens with zero attached hydrogens (tertiary/aromatic N) is 3. The van der Waals surface area contributed by atoms with Crippen molar-refractivity contribution in [2.45, 2.75) is 56.8 Å². The number of hydrogen-bond donors (Lipinski definition) is 0. The second-order valence-corrected chi connectivity index (χ2v) is 8.07. The van der Waals surface area contributed by atoms with Crippen LogP contribution in [0.3, 0.4) is 0 Å². The van der Waals surface area contributed by atoms with Crippen LogP contribution in [-0.4, -0.2) is 51.8 Å². The largest absolute Gasteiger partial charge is 0.469 e. The van der Waals surface area contributed by atoms with Crippen LogP contribution < -0.4 is 5.56 Å². The molecule has 1 saturated heterocycles. The number of ether oxygens (including phenoxy) is 1. The Kier molecular flexibility index (Phi) is 7.30. The molecule has 0 spiro atoms. The summed E-state index contributed by atoms with van der Waals surface area (Å²) in [6, 6.07) is 7.41. The van der Waals surface area contributed by atoms with E-state index in [2.05, 4.69) is 11.9 Å². The molecule has 0 bridgehead atoms. The van der Waals surface area contributed by atoms with Crippen molar-refractivity contribution in [1.82, 2.24) is 14.5 Å². The molecule has 0 radical (unpaired) electrons. The number of carbonyl (C=O) groups is 2. The molecule has 1 fully saturated rings. The fourth-order valence-corrected chi connectivity index (χ4v) is 4.63. The van der Waals surface area contributed by atoms with E-state index in [1.807, 2.05) is 11.0 Å². The smallest absolute Gasteiger partial charge is 0.307 e. The number of methoxy groups -OCH3 is 1. The summed E-state index contributed by atoms with van der Waals surface area (Å²) in [5.41, 5.74) is 0.380. The molecule has 1 atom stereocenters. The Bertz CT molecular complexity index is 943. The van der Waals surface area contributed by atoms with Gasteiger partial charge in [0.25, 0.3) is 5.56 Å². The summed E-state index contributed by atoms with van der Waals surface area (Å²) in [6.07, 6.45) is 4.26. The van der Waals surface area contributed by atoms with Crippen molar-refractivity contribution in [3.05, 3.63) is 34.6 Å². The minimum absolute atomic E-state index is 0.0714. The van der Waals surface area contributed by atoms with Crippen molar-refractivity contribution in [1.29, 1.82) is 0 Å². The zero-order valence-corrected chi connectivity index (χ0v) is 17.7. The molecular weight excluding hydrogens is 390 g/mol. The molecule has 0 unspecified atom stereocenters. The van der Waals surface area contributed by atoms with Crippen molar-refractivity contribution in [3.63, 3.8) is 0 Å². The lowest BCUT2D eigenvalue weighted by molar-refractivity contribution is -0.141. The number of thioether (sulfide) groups is 1. The maximum absolute atomic E-state index is 13.0. The van der Waals surface area contributed by atoms with Crippen LogP contribution in [0.4, 0.5) is 0 Å². The van der Waals surface area contributed by atoms with Gasteiger partial charge in [-0.1, -0.05) is 30.8 Å². The topological polar surface area (TPSA) is 81.5 Å². The van der Waals surface area contributed by atoms with Gasteiger partial charge in [-0.05, 0) is 37.8 Å². The first-order valence-corrected chi connectivity index (χ1v) is 11.0. The van der Waals surface area contributed by atoms with Crippen LogP contribution in [0.25, 0.3) is 10.9 Å². The van der Waals surface area contributed by atoms with Crippen LogP contribution in [0, 0.1) is 0 Å². The van der Waals surface area contributed by atoms with Crippen LogP contribution in [-0.2, 0) is 20.9 Å². The number of piperidine rings is 1. The summed E-state index contributed by atoms with van der Waals surface area (Å²) in [7, 11) is 1.32. The lowest BCUT2D eigenvalue weighted by atomic mass is 10.0. The highest BCUT2D eigenvalue weighted by atomic mass is 32.2. The first-order chi connectivity index (χ1) is 14.0. The van der Waals surface area contributed by atoms with Crippen LogP contribution in [0.2, 0.25) is 0 Å². The average Bonchev–Trinajstić information content (AvgIpc) is 2.76. The molecule has 0 N–H and O–H groups in total. The number of carbonyl (C=O) groups excluding carboxylic acids is 2. The molecular formula is C21H27N3O4S. The summed E-state index contributed by atoms with van der Waals surface area (Å²) in [4.78, 5) is 43.9. The molecule has 29 heavy (non-hydrogen) atoms. The number of rotatable bonds is 7. The molecule has 2 heterocycles. The third kappa shape index (κ3) is 4.98. The van der Waals surface area contributed by atoms with Crippen LogP contribution in [0.15, 0.2) is 34.2 Å². The number of benzene rings is 1. The summed E-state index contributed by atoms with van der Waals surface area (Å²) in [6.45, 7) is 3.07. The number of esters is 1. The van der Waals surface area contributed by atoms with Gasteiger partial charge in [-0.25, -0.2) is 4.98 Å². The molecule has 8 heteroatoms. The van der Waals surface area contributed by atoms with Gasteiger partial charge in [0.15, 0.2) is 5.16 Å².